The number of nitrogens with one attached hydrogen (secondary N) is 1. The molecule has 1 aromatic rings. The number of rotatable bonds is 7. The van der Waals surface area contributed by atoms with Crippen LogP contribution >= 0.6 is 0 Å². The van der Waals surface area contributed by atoms with Gasteiger partial charge in [0.2, 0.25) is 10.0 Å². The maximum absolute atomic E-state index is 12.0. The molecule has 0 saturated heterocycles. The van der Waals surface area contributed by atoms with Crippen LogP contribution in [0.3, 0.4) is 0 Å². The summed E-state index contributed by atoms with van der Waals surface area (Å²) in [5, 5.41) is 8.89. The highest BCUT2D eigenvalue weighted by Gasteiger charge is 2.17. The lowest BCUT2D eigenvalue weighted by Crippen LogP contribution is -2.35. The van der Waals surface area contributed by atoms with Gasteiger partial charge in [-0.25, -0.2) is 13.1 Å². The minimum absolute atomic E-state index is 0.103. The molecule has 0 heterocycles. The summed E-state index contributed by atoms with van der Waals surface area (Å²) in [4.78, 5) is 0.183. The molecule has 0 spiro atoms. The summed E-state index contributed by atoms with van der Waals surface area (Å²) < 4.78 is 31.6. The molecule has 0 aliphatic heterocycles. The fourth-order valence-corrected chi connectivity index (χ4v) is 2.66. The summed E-state index contributed by atoms with van der Waals surface area (Å²) in [5.74, 6) is 0. The van der Waals surface area contributed by atoms with Crippen molar-refractivity contribution in [3.63, 3.8) is 0 Å². The van der Waals surface area contributed by atoms with Gasteiger partial charge in [-0.15, -0.1) is 0 Å². The zero-order chi connectivity index (χ0) is 13.6. The van der Waals surface area contributed by atoms with E-state index in [1.807, 2.05) is 6.92 Å². The Bertz CT molecular complexity index is 455. The van der Waals surface area contributed by atoms with E-state index in [9.17, 15) is 8.42 Å². The van der Waals surface area contributed by atoms with Crippen LogP contribution in [-0.2, 0) is 21.4 Å². The molecule has 0 saturated carbocycles. The van der Waals surface area contributed by atoms with Gasteiger partial charge in [0.1, 0.15) is 0 Å². The molecule has 102 valence electrons. The first-order chi connectivity index (χ1) is 8.49. The van der Waals surface area contributed by atoms with Crippen molar-refractivity contribution in [2.75, 3.05) is 13.2 Å². The van der Waals surface area contributed by atoms with Crippen molar-refractivity contribution < 1.29 is 18.3 Å². The van der Waals surface area contributed by atoms with Crippen molar-refractivity contribution in [3.8, 4) is 0 Å². The van der Waals surface area contributed by atoms with Crippen LogP contribution in [0.25, 0.3) is 0 Å². The second-order valence-corrected chi connectivity index (χ2v) is 5.70. The van der Waals surface area contributed by atoms with Gasteiger partial charge in [-0.3, -0.25) is 0 Å². The maximum atomic E-state index is 12.0. The first-order valence-corrected chi connectivity index (χ1v) is 7.27. The SMILES string of the molecule is CCOCC(C)NS(=O)(=O)c1ccc(CO)cc1. The highest BCUT2D eigenvalue weighted by Crippen LogP contribution is 2.11. The number of hydrogen-bond acceptors (Lipinski definition) is 4. The van der Waals surface area contributed by atoms with E-state index in [1.54, 1.807) is 19.1 Å². The second kappa shape index (κ2) is 6.84. The van der Waals surface area contributed by atoms with Crippen molar-refractivity contribution in [1.29, 1.82) is 0 Å². The Labute approximate surface area is 108 Å². The van der Waals surface area contributed by atoms with Crippen LogP contribution in [0, 0.1) is 0 Å². The Balaban J connectivity index is 2.73. The molecule has 1 atom stereocenters. The molecule has 2 N–H and O–H groups in total. The number of ether oxygens (including phenoxy) is 1. The monoisotopic (exact) mass is 273 g/mol. The normalized spacial score (nSPS) is 13.5. The Morgan fingerprint density at radius 1 is 1.33 bits per heavy atom. The maximum Gasteiger partial charge on any atom is 0.240 e. The van der Waals surface area contributed by atoms with Crippen LogP contribution in [0.4, 0.5) is 0 Å². The van der Waals surface area contributed by atoms with Gasteiger partial charge >= 0.3 is 0 Å². The minimum Gasteiger partial charge on any atom is -0.392 e. The van der Waals surface area contributed by atoms with E-state index in [4.69, 9.17) is 9.84 Å². The predicted octanol–water partition coefficient (Wildman–Crippen LogP) is 0.882. The van der Waals surface area contributed by atoms with Crippen LogP contribution in [0.5, 0.6) is 0 Å². The molecule has 1 unspecified atom stereocenters. The lowest BCUT2D eigenvalue weighted by Gasteiger charge is -2.14. The molecule has 0 fully saturated rings. The van der Waals surface area contributed by atoms with Crippen molar-refractivity contribution in [1.82, 2.24) is 4.72 Å². The highest BCUT2D eigenvalue weighted by atomic mass is 32.2. The summed E-state index contributed by atoms with van der Waals surface area (Å²) in [6.07, 6.45) is 0. The van der Waals surface area contributed by atoms with E-state index < -0.39 is 10.0 Å². The zero-order valence-corrected chi connectivity index (χ0v) is 11.4. The largest absolute Gasteiger partial charge is 0.392 e. The third-order valence-electron chi connectivity index (χ3n) is 2.34. The van der Waals surface area contributed by atoms with Gasteiger partial charge in [0, 0.05) is 12.6 Å². The molecule has 0 amide bonds. The quantitative estimate of drug-likeness (QED) is 0.773. The molecule has 5 nitrogen and oxygen atoms in total. The number of sulfonamides is 1. The summed E-state index contributed by atoms with van der Waals surface area (Å²) in [5.41, 5.74) is 0.677. The molecule has 1 aromatic carbocycles. The van der Waals surface area contributed by atoms with E-state index in [-0.39, 0.29) is 17.5 Å². The van der Waals surface area contributed by atoms with Crippen molar-refractivity contribution in [2.24, 2.45) is 0 Å². The summed E-state index contributed by atoms with van der Waals surface area (Å²) >= 11 is 0. The predicted molar refractivity (Wildman–Crippen MR) is 68.6 cm³/mol. The Morgan fingerprint density at radius 3 is 2.44 bits per heavy atom. The van der Waals surface area contributed by atoms with Crippen molar-refractivity contribution >= 4 is 10.0 Å². The van der Waals surface area contributed by atoms with Crippen molar-refractivity contribution in [2.45, 2.75) is 31.4 Å². The molecule has 0 radical (unpaired) electrons. The topological polar surface area (TPSA) is 75.6 Å². The standard InChI is InChI=1S/C12H19NO4S/c1-3-17-9-10(2)13-18(15,16)12-6-4-11(8-14)5-7-12/h4-7,10,13-14H,3,8-9H2,1-2H3. The third-order valence-corrected chi connectivity index (χ3v) is 3.95. The minimum atomic E-state index is -3.53. The van der Waals surface area contributed by atoms with E-state index >= 15 is 0 Å². The van der Waals surface area contributed by atoms with E-state index in [0.29, 0.717) is 18.8 Å². The van der Waals surface area contributed by atoms with Crippen LogP contribution in [0.2, 0.25) is 0 Å². The van der Waals surface area contributed by atoms with Crippen LogP contribution in [0.15, 0.2) is 29.2 Å². The molecular formula is C12H19NO4S. The number of hydrogen-bond donors (Lipinski definition) is 2. The number of benzene rings is 1. The molecule has 0 aliphatic rings. The van der Waals surface area contributed by atoms with Crippen LogP contribution in [0.1, 0.15) is 19.4 Å². The molecular weight excluding hydrogens is 254 g/mol. The summed E-state index contributed by atoms with van der Waals surface area (Å²) in [6, 6.07) is 5.83. The number of aliphatic hydroxyl groups excluding tert-OH is 1. The van der Waals surface area contributed by atoms with E-state index in [2.05, 4.69) is 4.72 Å². The van der Waals surface area contributed by atoms with Crippen LogP contribution < -0.4 is 4.72 Å². The van der Waals surface area contributed by atoms with Gasteiger partial charge in [0.25, 0.3) is 0 Å². The summed E-state index contributed by atoms with van der Waals surface area (Å²) in [7, 11) is -3.53. The van der Waals surface area contributed by atoms with E-state index in [0.717, 1.165) is 0 Å². The molecule has 0 aliphatic carbocycles. The Morgan fingerprint density at radius 2 is 1.94 bits per heavy atom. The van der Waals surface area contributed by atoms with Gasteiger partial charge in [-0.1, -0.05) is 12.1 Å². The van der Waals surface area contributed by atoms with Gasteiger partial charge in [-0.2, -0.15) is 0 Å². The van der Waals surface area contributed by atoms with Gasteiger partial charge in [0.15, 0.2) is 0 Å². The highest BCUT2D eigenvalue weighted by molar-refractivity contribution is 7.89. The summed E-state index contributed by atoms with van der Waals surface area (Å²) in [6.45, 7) is 4.39. The lowest BCUT2D eigenvalue weighted by atomic mass is 10.2. The van der Waals surface area contributed by atoms with Gasteiger partial charge in [-0.05, 0) is 31.5 Å². The number of aliphatic hydroxyl groups is 1. The molecule has 6 heteroatoms. The molecule has 0 aromatic heterocycles. The van der Waals surface area contributed by atoms with E-state index in [1.165, 1.54) is 12.1 Å². The fraction of sp³-hybridized carbons (Fsp3) is 0.500. The first kappa shape index (κ1) is 15.1. The lowest BCUT2D eigenvalue weighted by molar-refractivity contribution is 0.133. The molecule has 1 rings (SSSR count). The Hall–Kier alpha value is -0.950. The third kappa shape index (κ3) is 4.38. The molecule has 18 heavy (non-hydrogen) atoms. The zero-order valence-electron chi connectivity index (χ0n) is 10.6. The molecule has 0 bridgehead atoms. The smallest absolute Gasteiger partial charge is 0.240 e. The average Bonchev–Trinajstić information content (AvgIpc) is 2.36. The second-order valence-electron chi connectivity index (χ2n) is 3.98. The van der Waals surface area contributed by atoms with Gasteiger partial charge in [0.05, 0.1) is 18.1 Å². The first-order valence-electron chi connectivity index (χ1n) is 5.79. The fourth-order valence-electron chi connectivity index (χ4n) is 1.44. The Kier molecular flexibility index (Phi) is 5.74. The van der Waals surface area contributed by atoms with Crippen LogP contribution in [-0.4, -0.2) is 32.8 Å². The van der Waals surface area contributed by atoms with Gasteiger partial charge < -0.3 is 9.84 Å². The van der Waals surface area contributed by atoms with Crippen molar-refractivity contribution in [3.05, 3.63) is 29.8 Å². The average molecular weight is 273 g/mol.